The van der Waals surface area contributed by atoms with E-state index in [9.17, 15) is 5.11 Å². The van der Waals surface area contributed by atoms with Crippen LogP contribution in [0.5, 0.6) is 5.75 Å². The van der Waals surface area contributed by atoms with Crippen LogP contribution in [0.3, 0.4) is 0 Å². The normalized spacial score (nSPS) is 14.2. The van der Waals surface area contributed by atoms with Crippen molar-refractivity contribution < 1.29 is 9.84 Å². The van der Waals surface area contributed by atoms with Gasteiger partial charge >= 0.3 is 0 Å². The Kier molecular flexibility index (Phi) is 6.84. The molecule has 108 valence electrons. The number of rotatable bonds is 8. The molecule has 19 heavy (non-hydrogen) atoms. The van der Waals surface area contributed by atoms with Crippen LogP contribution in [0, 0.1) is 6.92 Å². The van der Waals surface area contributed by atoms with Crippen molar-refractivity contribution in [2.45, 2.75) is 38.8 Å². The molecule has 0 aromatic heterocycles. The van der Waals surface area contributed by atoms with E-state index in [1.54, 1.807) is 0 Å². The molecule has 1 aromatic carbocycles. The zero-order valence-corrected chi connectivity index (χ0v) is 12.1. The Labute approximate surface area is 116 Å². The first-order valence-electron chi connectivity index (χ1n) is 6.91. The molecule has 2 atom stereocenters. The van der Waals surface area contributed by atoms with Gasteiger partial charge in [-0.3, -0.25) is 0 Å². The Bertz CT molecular complexity index is 382. The van der Waals surface area contributed by atoms with Crippen molar-refractivity contribution in [2.24, 2.45) is 5.73 Å². The number of aryl methyl sites for hydroxylation is 1. The lowest BCUT2D eigenvalue weighted by Crippen LogP contribution is -2.31. The Morgan fingerprint density at radius 2 is 2.16 bits per heavy atom. The predicted octanol–water partition coefficient (Wildman–Crippen LogP) is 1.75. The van der Waals surface area contributed by atoms with Gasteiger partial charge in [0.15, 0.2) is 0 Å². The van der Waals surface area contributed by atoms with Gasteiger partial charge in [-0.15, -0.1) is 0 Å². The first kappa shape index (κ1) is 16.0. The number of benzene rings is 1. The third kappa shape index (κ3) is 4.82. The van der Waals surface area contributed by atoms with Crippen LogP contribution in [-0.2, 0) is 0 Å². The van der Waals surface area contributed by atoms with Crippen LogP contribution in [0.15, 0.2) is 18.2 Å². The highest BCUT2D eigenvalue weighted by Crippen LogP contribution is 2.29. The molecule has 4 N–H and O–H groups in total. The Morgan fingerprint density at radius 1 is 1.42 bits per heavy atom. The lowest BCUT2D eigenvalue weighted by molar-refractivity contribution is 0.137. The zero-order valence-electron chi connectivity index (χ0n) is 12.1. The predicted molar refractivity (Wildman–Crippen MR) is 78.4 cm³/mol. The molecule has 0 aliphatic carbocycles. The Hall–Kier alpha value is -1.10. The minimum absolute atomic E-state index is 0.293. The van der Waals surface area contributed by atoms with E-state index in [-0.39, 0.29) is 6.04 Å². The van der Waals surface area contributed by atoms with Crippen molar-refractivity contribution in [3.05, 3.63) is 29.3 Å². The third-order valence-electron chi connectivity index (χ3n) is 3.08. The van der Waals surface area contributed by atoms with E-state index < -0.39 is 6.10 Å². The minimum atomic E-state index is -0.694. The van der Waals surface area contributed by atoms with Crippen molar-refractivity contribution in [3.8, 4) is 5.75 Å². The lowest BCUT2D eigenvalue weighted by atomic mass is 9.98. The highest BCUT2D eigenvalue weighted by molar-refractivity contribution is 5.39. The van der Waals surface area contributed by atoms with Gasteiger partial charge < -0.3 is 20.9 Å². The smallest absolute Gasteiger partial charge is 0.125 e. The van der Waals surface area contributed by atoms with Gasteiger partial charge in [-0.2, -0.15) is 0 Å². The summed E-state index contributed by atoms with van der Waals surface area (Å²) in [5.41, 5.74) is 7.92. The monoisotopic (exact) mass is 266 g/mol. The Morgan fingerprint density at radius 3 is 2.79 bits per heavy atom. The molecule has 0 fully saturated rings. The average Bonchev–Trinajstić information content (AvgIpc) is 2.42. The van der Waals surface area contributed by atoms with Crippen molar-refractivity contribution in [2.75, 3.05) is 20.2 Å². The molecule has 0 saturated carbocycles. The van der Waals surface area contributed by atoms with E-state index >= 15 is 0 Å². The number of aliphatic hydroxyl groups excluding tert-OH is 1. The average molecular weight is 266 g/mol. The quantitative estimate of drug-likeness (QED) is 0.670. The topological polar surface area (TPSA) is 67.5 Å². The summed E-state index contributed by atoms with van der Waals surface area (Å²) in [7, 11) is 1.88. The molecule has 4 heteroatoms. The molecule has 0 aliphatic heterocycles. The van der Waals surface area contributed by atoms with Crippen LogP contribution in [0.1, 0.15) is 37.0 Å². The van der Waals surface area contributed by atoms with Gasteiger partial charge in [0.2, 0.25) is 0 Å². The van der Waals surface area contributed by atoms with E-state index in [2.05, 4.69) is 12.2 Å². The molecular weight excluding hydrogens is 240 g/mol. The number of aliphatic hydroxyl groups is 1. The molecule has 0 saturated heterocycles. The molecule has 0 spiro atoms. The maximum Gasteiger partial charge on any atom is 0.125 e. The van der Waals surface area contributed by atoms with E-state index in [0.29, 0.717) is 6.61 Å². The second-order valence-corrected chi connectivity index (χ2v) is 4.89. The standard InChI is InChI=1S/C15H26N2O2/c1-4-9-19-14-6-5-11(2)10-12(14)15(18)13(16)7-8-17-3/h5-6,10,13,15,17-18H,4,7-9,16H2,1-3H3. The Balaban J connectivity index is 2.85. The highest BCUT2D eigenvalue weighted by atomic mass is 16.5. The van der Waals surface area contributed by atoms with Gasteiger partial charge in [0, 0.05) is 11.6 Å². The number of nitrogens with two attached hydrogens (primary N) is 1. The molecule has 0 radical (unpaired) electrons. The van der Waals surface area contributed by atoms with Crippen molar-refractivity contribution in [1.29, 1.82) is 0 Å². The van der Waals surface area contributed by atoms with Crippen LogP contribution in [0.25, 0.3) is 0 Å². The van der Waals surface area contributed by atoms with Gasteiger partial charge in [-0.1, -0.05) is 18.6 Å². The molecule has 1 aromatic rings. The van der Waals surface area contributed by atoms with Crippen LogP contribution >= 0.6 is 0 Å². The molecule has 2 unspecified atom stereocenters. The number of nitrogens with one attached hydrogen (secondary N) is 1. The van der Waals surface area contributed by atoms with E-state index in [1.165, 1.54) is 0 Å². The number of hydrogen-bond donors (Lipinski definition) is 3. The van der Waals surface area contributed by atoms with Crippen molar-refractivity contribution in [1.82, 2.24) is 5.32 Å². The summed E-state index contributed by atoms with van der Waals surface area (Å²) in [6.07, 6.45) is 0.966. The van der Waals surface area contributed by atoms with Crippen LogP contribution in [0.2, 0.25) is 0 Å². The fourth-order valence-electron chi connectivity index (χ4n) is 1.94. The van der Waals surface area contributed by atoms with Crippen molar-refractivity contribution in [3.63, 3.8) is 0 Å². The summed E-state index contributed by atoms with van der Waals surface area (Å²) < 4.78 is 5.69. The van der Waals surface area contributed by atoms with Gasteiger partial charge in [-0.25, -0.2) is 0 Å². The number of ether oxygens (including phenoxy) is 1. The van der Waals surface area contributed by atoms with Crippen LogP contribution in [0.4, 0.5) is 0 Å². The lowest BCUT2D eigenvalue weighted by Gasteiger charge is -2.22. The zero-order chi connectivity index (χ0) is 14.3. The maximum absolute atomic E-state index is 10.4. The molecule has 0 bridgehead atoms. The van der Waals surface area contributed by atoms with Gasteiger partial charge in [-0.05, 0) is 45.5 Å². The second kappa shape index (κ2) is 8.15. The van der Waals surface area contributed by atoms with E-state index in [0.717, 1.165) is 36.3 Å². The van der Waals surface area contributed by atoms with Crippen molar-refractivity contribution >= 4 is 0 Å². The molecular formula is C15H26N2O2. The summed E-state index contributed by atoms with van der Waals surface area (Å²) in [6, 6.07) is 5.56. The van der Waals surface area contributed by atoms with Gasteiger partial charge in [0.05, 0.1) is 12.7 Å². The maximum atomic E-state index is 10.4. The second-order valence-electron chi connectivity index (χ2n) is 4.89. The van der Waals surface area contributed by atoms with Gasteiger partial charge in [0.1, 0.15) is 5.75 Å². The van der Waals surface area contributed by atoms with Crippen LogP contribution < -0.4 is 15.8 Å². The number of hydrogen-bond acceptors (Lipinski definition) is 4. The molecule has 0 amide bonds. The first-order chi connectivity index (χ1) is 9.10. The van der Waals surface area contributed by atoms with E-state index in [1.807, 2.05) is 32.2 Å². The fourth-order valence-corrected chi connectivity index (χ4v) is 1.94. The van der Waals surface area contributed by atoms with Crippen LogP contribution in [-0.4, -0.2) is 31.3 Å². The molecule has 0 heterocycles. The third-order valence-corrected chi connectivity index (χ3v) is 3.08. The van der Waals surface area contributed by atoms with Gasteiger partial charge in [0.25, 0.3) is 0 Å². The largest absolute Gasteiger partial charge is 0.493 e. The summed E-state index contributed by atoms with van der Waals surface area (Å²) in [5.74, 6) is 0.736. The summed E-state index contributed by atoms with van der Waals surface area (Å²) in [5, 5.41) is 13.4. The van der Waals surface area contributed by atoms with E-state index in [4.69, 9.17) is 10.5 Å². The first-order valence-corrected chi connectivity index (χ1v) is 6.91. The minimum Gasteiger partial charge on any atom is -0.493 e. The highest BCUT2D eigenvalue weighted by Gasteiger charge is 2.20. The summed E-state index contributed by atoms with van der Waals surface area (Å²) >= 11 is 0. The SMILES string of the molecule is CCCOc1ccc(C)cc1C(O)C(N)CCNC. The molecule has 1 rings (SSSR count). The summed E-state index contributed by atoms with van der Waals surface area (Å²) in [6.45, 7) is 5.49. The summed E-state index contributed by atoms with van der Waals surface area (Å²) in [4.78, 5) is 0. The molecule has 0 aliphatic rings. The molecule has 4 nitrogen and oxygen atoms in total. The fraction of sp³-hybridized carbons (Fsp3) is 0.600.